The molecule has 1 N–H and O–H groups in total. The van der Waals surface area contributed by atoms with E-state index in [-0.39, 0.29) is 18.5 Å². The van der Waals surface area contributed by atoms with Crippen LogP contribution in [0.25, 0.3) is 6.08 Å². The fraction of sp³-hybridized carbons (Fsp3) is 0.500. The number of nitrogens with one attached hydrogen (secondary N) is 1. The summed E-state index contributed by atoms with van der Waals surface area (Å²) in [6.07, 6.45) is 7.37. The van der Waals surface area contributed by atoms with Crippen LogP contribution in [0.5, 0.6) is 0 Å². The van der Waals surface area contributed by atoms with Gasteiger partial charge in [-0.15, -0.1) is 0 Å². The second kappa shape index (κ2) is 7.94. The van der Waals surface area contributed by atoms with Crippen LogP contribution in [-0.2, 0) is 14.8 Å². The minimum Gasteiger partial charge on any atom is -0.335 e. The van der Waals surface area contributed by atoms with Crippen LogP contribution < -0.4 is 4.72 Å². The summed E-state index contributed by atoms with van der Waals surface area (Å²) in [6, 6.07) is 6.04. The van der Waals surface area contributed by atoms with Crippen molar-refractivity contribution in [2.45, 2.75) is 39.2 Å². The highest BCUT2D eigenvalue weighted by Gasteiger charge is 2.25. The number of nitrogens with zero attached hydrogens (tertiary/aromatic N) is 1. The molecular weight excluding hydrogens is 324 g/mol. The first-order valence-electron chi connectivity index (χ1n) is 8.27. The number of hydrogen-bond donors (Lipinski definition) is 1. The van der Waals surface area contributed by atoms with Crippen LogP contribution in [0.1, 0.15) is 36.0 Å². The van der Waals surface area contributed by atoms with Gasteiger partial charge in [0.25, 0.3) is 0 Å². The first-order valence-corrected chi connectivity index (χ1v) is 10.2. The molecule has 2 rings (SSSR count). The number of hydrogen-bond acceptors (Lipinski definition) is 3. The van der Waals surface area contributed by atoms with Crippen molar-refractivity contribution in [1.29, 1.82) is 0 Å². The molecule has 1 aliphatic rings. The number of aryl methyl sites for hydroxylation is 2. The molecule has 1 saturated heterocycles. The lowest BCUT2D eigenvalue weighted by atomic mass is 10.0. The smallest absolute Gasteiger partial charge is 0.246 e. The SMILES string of the molecule is Cc1ccc(C=CC(=O)N2CCCCC2CNS(C)(=O)=O)c(C)c1. The highest BCUT2D eigenvalue weighted by atomic mass is 32.2. The van der Waals surface area contributed by atoms with Crippen molar-refractivity contribution in [3.8, 4) is 0 Å². The third-order valence-corrected chi connectivity index (χ3v) is 5.01. The summed E-state index contributed by atoms with van der Waals surface area (Å²) in [5, 5.41) is 0. The molecule has 6 heteroatoms. The van der Waals surface area contributed by atoms with Gasteiger partial charge in [0.15, 0.2) is 0 Å². The lowest BCUT2D eigenvalue weighted by Gasteiger charge is -2.35. The van der Waals surface area contributed by atoms with Crippen molar-refractivity contribution in [3.63, 3.8) is 0 Å². The van der Waals surface area contributed by atoms with Gasteiger partial charge in [0.2, 0.25) is 15.9 Å². The molecule has 0 bridgehead atoms. The first-order chi connectivity index (χ1) is 11.3. The van der Waals surface area contributed by atoms with Gasteiger partial charge in [-0.25, -0.2) is 13.1 Å². The van der Waals surface area contributed by atoms with Gasteiger partial charge in [-0.3, -0.25) is 4.79 Å². The van der Waals surface area contributed by atoms with E-state index in [2.05, 4.69) is 10.8 Å². The van der Waals surface area contributed by atoms with Crippen LogP contribution in [0, 0.1) is 13.8 Å². The van der Waals surface area contributed by atoms with E-state index in [1.807, 2.05) is 32.1 Å². The molecule has 1 aromatic rings. The van der Waals surface area contributed by atoms with Crippen LogP contribution in [0.3, 0.4) is 0 Å². The molecule has 0 aliphatic carbocycles. The van der Waals surface area contributed by atoms with Gasteiger partial charge in [-0.05, 0) is 50.3 Å². The zero-order chi connectivity index (χ0) is 17.7. The number of rotatable bonds is 5. The predicted molar refractivity (Wildman–Crippen MR) is 97.1 cm³/mol. The summed E-state index contributed by atoms with van der Waals surface area (Å²) >= 11 is 0. The number of benzene rings is 1. The lowest BCUT2D eigenvalue weighted by molar-refractivity contribution is -0.129. The van der Waals surface area contributed by atoms with Gasteiger partial charge in [0.1, 0.15) is 0 Å². The van der Waals surface area contributed by atoms with E-state index < -0.39 is 10.0 Å². The molecular formula is C18H26N2O3S. The molecule has 1 heterocycles. The monoisotopic (exact) mass is 350 g/mol. The first kappa shape index (κ1) is 18.7. The maximum Gasteiger partial charge on any atom is 0.246 e. The van der Waals surface area contributed by atoms with E-state index in [0.717, 1.165) is 36.6 Å². The maximum absolute atomic E-state index is 12.5. The molecule has 1 unspecified atom stereocenters. The van der Waals surface area contributed by atoms with Gasteiger partial charge < -0.3 is 4.90 Å². The fourth-order valence-electron chi connectivity index (χ4n) is 3.02. The van der Waals surface area contributed by atoms with E-state index in [0.29, 0.717) is 6.54 Å². The quantitative estimate of drug-likeness (QED) is 0.828. The van der Waals surface area contributed by atoms with Gasteiger partial charge in [-0.2, -0.15) is 0 Å². The number of sulfonamides is 1. The summed E-state index contributed by atoms with van der Waals surface area (Å²) in [5.41, 5.74) is 3.35. The zero-order valence-corrected chi connectivity index (χ0v) is 15.4. The average molecular weight is 350 g/mol. The molecule has 0 aromatic heterocycles. The normalized spacial score (nSPS) is 19.0. The molecule has 5 nitrogen and oxygen atoms in total. The van der Waals surface area contributed by atoms with Crippen LogP contribution in [0.4, 0.5) is 0 Å². The third-order valence-electron chi connectivity index (χ3n) is 4.32. The minimum absolute atomic E-state index is 0.0602. The van der Waals surface area contributed by atoms with Crippen LogP contribution in [0.15, 0.2) is 24.3 Å². The van der Waals surface area contributed by atoms with E-state index in [4.69, 9.17) is 0 Å². The average Bonchev–Trinajstić information content (AvgIpc) is 2.51. The third kappa shape index (κ3) is 5.46. The molecule has 1 fully saturated rings. The molecule has 1 atom stereocenters. The summed E-state index contributed by atoms with van der Waals surface area (Å²) in [6.45, 7) is 5.02. The molecule has 0 spiro atoms. The molecule has 132 valence electrons. The minimum atomic E-state index is -3.24. The zero-order valence-electron chi connectivity index (χ0n) is 14.6. The lowest BCUT2D eigenvalue weighted by Crippen LogP contribution is -2.48. The van der Waals surface area contributed by atoms with Gasteiger partial charge >= 0.3 is 0 Å². The Balaban J connectivity index is 2.06. The van der Waals surface area contributed by atoms with E-state index in [1.165, 1.54) is 5.56 Å². The van der Waals surface area contributed by atoms with Crippen LogP contribution in [0.2, 0.25) is 0 Å². The molecule has 1 aliphatic heterocycles. The number of piperidine rings is 1. The topological polar surface area (TPSA) is 66.5 Å². The van der Waals surface area contributed by atoms with E-state index in [1.54, 1.807) is 11.0 Å². The number of carbonyl (C=O) groups is 1. The van der Waals surface area contributed by atoms with Gasteiger partial charge in [0.05, 0.1) is 6.26 Å². The fourth-order valence-corrected chi connectivity index (χ4v) is 3.52. The van der Waals surface area contributed by atoms with E-state index >= 15 is 0 Å². The van der Waals surface area contributed by atoms with Crippen molar-refractivity contribution in [1.82, 2.24) is 9.62 Å². The maximum atomic E-state index is 12.5. The van der Waals surface area contributed by atoms with Gasteiger partial charge in [-0.1, -0.05) is 23.8 Å². The Bertz CT molecular complexity index is 726. The van der Waals surface area contributed by atoms with E-state index in [9.17, 15) is 13.2 Å². The second-order valence-electron chi connectivity index (χ2n) is 6.50. The summed E-state index contributed by atoms with van der Waals surface area (Å²) < 4.78 is 25.1. The summed E-state index contributed by atoms with van der Waals surface area (Å²) in [5.74, 6) is -0.0602. The Morgan fingerprint density at radius 3 is 2.75 bits per heavy atom. The number of likely N-dealkylation sites (tertiary alicyclic amines) is 1. The highest BCUT2D eigenvalue weighted by molar-refractivity contribution is 7.88. The predicted octanol–water partition coefficient (Wildman–Crippen LogP) is 2.25. The van der Waals surface area contributed by atoms with Crippen molar-refractivity contribution >= 4 is 22.0 Å². The number of amides is 1. The molecule has 0 saturated carbocycles. The Morgan fingerprint density at radius 1 is 1.33 bits per heavy atom. The van der Waals surface area contributed by atoms with Crippen molar-refractivity contribution in [2.24, 2.45) is 0 Å². The summed E-state index contributed by atoms with van der Waals surface area (Å²) in [7, 11) is -3.24. The van der Waals surface area contributed by atoms with Crippen molar-refractivity contribution in [3.05, 3.63) is 41.0 Å². The molecule has 1 aromatic carbocycles. The molecule has 1 amide bonds. The Labute approximate surface area is 144 Å². The van der Waals surface area contributed by atoms with Crippen LogP contribution >= 0.6 is 0 Å². The van der Waals surface area contributed by atoms with Crippen molar-refractivity contribution in [2.75, 3.05) is 19.3 Å². The molecule has 24 heavy (non-hydrogen) atoms. The Kier molecular flexibility index (Phi) is 6.18. The number of carbonyl (C=O) groups excluding carboxylic acids is 1. The largest absolute Gasteiger partial charge is 0.335 e. The van der Waals surface area contributed by atoms with Crippen LogP contribution in [-0.4, -0.2) is 44.6 Å². The van der Waals surface area contributed by atoms with Gasteiger partial charge in [0, 0.05) is 25.2 Å². The van der Waals surface area contributed by atoms with Crippen molar-refractivity contribution < 1.29 is 13.2 Å². The second-order valence-corrected chi connectivity index (χ2v) is 8.33. The highest BCUT2D eigenvalue weighted by Crippen LogP contribution is 2.18. The molecule has 0 radical (unpaired) electrons. The Morgan fingerprint density at radius 2 is 2.08 bits per heavy atom. The Hall–Kier alpha value is -1.66. The standard InChI is InChI=1S/C18H26N2O3S/c1-14-7-8-16(15(2)12-14)9-10-18(21)20-11-5-4-6-17(20)13-19-24(3,22)23/h7-10,12,17,19H,4-6,11,13H2,1-3H3. The summed E-state index contributed by atoms with van der Waals surface area (Å²) in [4.78, 5) is 14.3.